The van der Waals surface area contributed by atoms with Gasteiger partial charge in [-0.05, 0) is 31.9 Å². The summed E-state index contributed by atoms with van der Waals surface area (Å²) in [6.07, 6.45) is 1.55. The maximum atomic E-state index is 12.9. The number of rotatable bonds is 2. The zero-order valence-corrected chi connectivity index (χ0v) is 14.1. The molecule has 1 aromatic rings. The van der Waals surface area contributed by atoms with Gasteiger partial charge >= 0.3 is 5.97 Å². The number of methoxy groups -OCH3 is 1. The number of hydrogen-bond donors (Lipinski definition) is 0. The summed E-state index contributed by atoms with van der Waals surface area (Å²) in [4.78, 5) is 26.5. The third-order valence-corrected chi connectivity index (χ3v) is 4.80. The molecule has 0 N–H and O–H groups in total. The Morgan fingerprint density at radius 2 is 1.96 bits per heavy atom. The first kappa shape index (κ1) is 16.8. The van der Waals surface area contributed by atoms with Crippen LogP contribution in [-0.4, -0.2) is 50.3 Å². The maximum absolute atomic E-state index is 12.9. The highest BCUT2D eigenvalue weighted by Crippen LogP contribution is 2.34. The van der Waals surface area contributed by atoms with E-state index in [1.54, 1.807) is 12.1 Å². The molecule has 6 heteroatoms. The van der Waals surface area contributed by atoms with Gasteiger partial charge in [-0.15, -0.1) is 0 Å². The summed E-state index contributed by atoms with van der Waals surface area (Å²) >= 11 is 0. The van der Waals surface area contributed by atoms with Crippen LogP contribution in [0.1, 0.15) is 41.7 Å². The van der Waals surface area contributed by atoms with Crippen LogP contribution >= 0.6 is 0 Å². The van der Waals surface area contributed by atoms with Crippen LogP contribution in [0.3, 0.4) is 0 Å². The number of esters is 1. The van der Waals surface area contributed by atoms with Gasteiger partial charge in [-0.3, -0.25) is 4.79 Å². The van der Waals surface area contributed by atoms with Crippen molar-refractivity contribution < 1.29 is 23.8 Å². The summed E-state index contributed by atoms with van der Waals surface area (Å²) in [5.41, 5.74) is 1.37. The van der Waals surface area contributed by atoms with Gasteiger partial charge in [0.25, 0.3) is 0 Å². The number of carbonyl (C=O) groups excluding carboxylic acids is 2. The molecular formula is C18H23NO5. The van der Waals surface area contributed by atoms with Crippen molar-refractivity contribution in [3.05, 3.63) is 29.3 Å². The second kappa shape index (κ2) is 7.21. The lowest BCUT2D eigenvalue weighted by Gasteiger charge is -2.32. The van der Waals surface area contributed by atoms with Crippen LogP contribution in [0, 0.1) is 5.92 Å². The van der Waals surface area contributed by atoms with E-state index in [9.17, 15) is 9.59 Å². The highest BCUT2D eigenvalue weighted by Gasteiger charge is 2.32. The van der Waals surface area contributed by atoms with Crippen LogP contribution in [0.5, 0.6) is 5.75 Å². The van der Waals surface area contributed by atoms with Crippen LogP contribution < -0.4 is 4.74 Å². The van der Waals surface area contributed by atoms with E-state index in [4.69, 9.17) is 14.2 Å². The fraction of sp³-hybridized carbons (Fsp3) is 0.556. The van der Waals surface area contributed by atoms with E-state index in [-0.39, 0.29) is 17.9 Å². The van der Waals surface area contributed by atoms with Crippen molar-refractivity contribution in [1.29, 1.82) is 0 Å². The number of hydrogen-bond acceptors (Lipinski definition) is 5. The van der Waals surface area contributed by atoms with E-state index in [2.05, 4.69) is 0 Å². The minimum atomic E-state index is -0.395. The lowest BCUT2D eigenvalue weighted by atomic mass is 9.96. The molecule has 1 unspecified atom stereocenters. The zero-order chi connectivity index (χ0) is 17.1. The molecule has 0 aliphatic carbocycles. The van der Waals surface area contributed by atoms with E-state index in [1.165, 1.54) is 7.11 Å². The molecule has 130 valence electrons. The van der Waals surface area contributed by atoms with Gasteiger partial charge in [0.05, 0.1) is 25.3 Å². The van der Waals surface area contributed by atoms with Crippen molar-refractivity contribution in [1.82, 2.24) is 4.90 Å². The molecule has 0 aromatic heterocycles. The molecule has 2 aliphatic heterocycles. The molecule has 1 amide bonds. The van der Waals surface area contributed by atoms with Crippen molar-refractivity contribution in [3.63, 3.8) is 0 Å². The first-order chi connectivity index (χ1) is 11.6. The summed E-state index contributed by atoms with van der Waals surface area (Å²) in [6, 6.07) is 5.17. The van der Waals surface area contributed by atoms with Crippen LogP contribution in [0.15, 0.2) is 18.2 Å². The predicted molar refractivity (Wildman–Crippen MR) is 86.9 cm³/mol. The van der Waals surface area contributed by atoms with E-state index in [0.717, 1.165) is 18.4 Å². The molecule has 0 saturated carbocycles. The van der Waals surface area contributed by atoms with Gasteiger partial charge < -0.3 is 19.1 Å². The summed E-state index contributed by atoms with van der Waals surface area (Å²) in [5.74, 6) is 0.442. The number of fused-ring (bicyclic) bond motifs is 1. The molecule has 0 bridgehead atoms. The number of ether oxygens (including phenoxy) is 3. The molecule has 2 heterocycles. The second-order valence-electron chi connectivity index (χ2n) is 6.19. The topological polar surface area (TPSA) is 65.1 Å². The van der Waals surface area contributed by atoms with E-state index < -0.39 is 5.97 Å². The van der Waals surface area contributed by atoms with Gasteiger partial charge in [0, 0.05) is 24.7 Å². The van der Waals surface area contributed by atoms with Crippen LogP contribution in [-0.2, 0) is 14.3 Å². The lowest BCUT2D eigenvalue weighted by molar-refractivity contribution is -0.140. The Balaban J connectivity index is 1.83. The molecular weight excluding hydrogens is 310 g/mol. The Hall–Kier alpha value is -2.08. The predicted octanol–water partition coefficient (Wildman–Crippen LogP) is 2.18. The molecule has 0 spiro atoms. The highest BCUT2D eigenvalue weighted by molar-refractivity contribution is 5.90. The third kappa shape index (κ3) is 3.24. The van der Waals surface area contributed by atoms with Crippen molar-refractivity contribution in [3.8, 4) is 5.75 Å². The average Bonchev–Trinajstić information content (AvgIpc) is 2.79. The number of carbonyl (C=O) groups is 2. The number of amides is 1. The fourth-order valence-electron chi connectivity index (χ4n) is 3.34. The van der Waals surface area contributed by atoms with Crippen molar-refractivity contribution in [2.75, 3.05) is 33.5 Å². The number of nitrogens with zero attached hydrogens (tertiary/aromatic N) is 1. The highest BCUT2D eigenvalue weighted by atomic mass is 16.5. The molecule has 1 fully saturated rings. The lowest BCUT2D eigenvalue weighted by Crippen LogP contribution is -2.41. The molecule has 3 rings (SSSR count). The zero-order valence-electron chi connectivity index (χ0n) is 14.1. The van der Waals surface area contributed by atoms with Gasteiger partial charge in [0.2, 0.25) is 5.91 Å². The molecule has 24 heavy (non-hydrogen) atoms. The fourth-order valence-corrected chi connectivity index (χ4v) is 3.34. The minimum absolute atomic E-state index is 0.0251. The molecule has 6 nitrogen and oxygen atoms in total. The molecule has 0 radical (unpaired) electrons. The second-order valence-corrected chi connectivity index (χ2v) is 6.19. The summed E-state index contributed by atoms with van der Waals surface area (Å²) < 4.78 is 15.9. The van der Waals surface area contributed by atoms with Crippen LogP contribution in [0.25, 0.3) is 0 Å². The minimum Gasteiger partial charge on any atom is -0.491 e. The van der Waals surface area contributed by atoms with E-state index in [0.29, 0.717) is 37.7 Å². The molecule has 1 atom stereocenters. The largest absolute Gasteiger partial charge is 0.491 e. The van der Waals surface area contributed by atoms with E-state index >= 15 is 0 Å². The average molecular weight is 333 g/mol. The van der Waals surface area contributed by atoms with Gasteiger partial charge in [-0.1, -0.05) is 6.07 Å². The smallest absolute Gasteiger partial charge is 0.337 e. The third-order valence-electron chi connectivity index (χ3n) is 4.80. The van der Waals surface area contributed by atoms with Gasteiger partial charge in [-0.25, -0.2) is 4.79 Å². The normalized spacial score (nSPS) is 21.4. The van der Waals surface area contributed by atoms with Crippen molar-refractivity contribution >= 4 is 11.9 Å². The molecule has 1 saturated heterocycles. The Morgan fingerprint density at radius 3 is 2.67 bits per heavy atom. The molecule has 2 aliphatic rings. The Kier molecular flexibility index (Phi) is 5.04. The quantitative estimate of drug-likeness (QED) is 0.776. The van der Waals surface area contributed by atoms with Gasteiger partial charge in [0.1, 0.15) is 12.4 Å². The number of benzene rings is 1. The first-order valence-electron chi connectivity index (χ1n) is 8.35. The Bertz CT molecular complexity index is 624. The van der Waals surface area contributed by atoms with Crippen LogP contribution in [0.4, 0.5) is 0 Å². The van der Waals surface area contributed by atoms with Gasteiger partial charge in [-0.2, -0.15) is 0 Å². The monoisotopic (exact) mass is 333 g/mol. The Morgan fingerprint density at radius 1 is 1.21 bits per heavy atom. The summed E-state index contributed by atoms with van der Waals surface area (Å²) in [6.45, 7) is 4.25. The summed E-state index contributed by atoms with van der Waals surface area (Å²) in [5, 5.41) is 0. The van der Waals surface area contributed by atoms with Crippen molar-refractivity contribution in [2.24, 2.45) is 5.92 Å². The van der Waals surface area contributed by atoms with Crippen LogP contribution in [0.2, 0.25) is 0 Å². The van der Waals surface area contributed by atoms with Gasteiger partial charge in [0.15, 0.2) is 0 Å². The Labute approximate surface area is 141 Å². The van der Waals surface area contributed by atoms with Crippen molar-refractivity contribution in [2.45, 2.75) is 25.8 Å². The van der Waals surface area contributed by atoms with E-state index in [1.807, 2.05) is 17.9 Å². The SMILES string of the molecule is COC(=O)c1ccc2c(c1)OCCN(C(=O)C1CCOCC1)C2C. The summed E-state index contributed by atoms with van der Waals surface area (Å²) in [7, 11) is 1.35. The first-order valence-corrected chi connectivity index (χ1v) is 8.35. The maximum Gasteiger partial charge on any atom is 0.337 e. The standard InChI is InChI=1S/C18H23NO5/c1-12-15-4-3-14(18(21)22-2)11-16(15)24-10-7-19(12)17(20)13-5-8-23-9-6-13/h3-4,11-13H,5-10H2,1-2H3. The molecule has 1 aromatic carbocycles.